The van der Waals surface area contributed by atoms with E-state index in [9.17, 15) is 19.8 Å². The second-order valence-corrected chi connectivity index (χ2v) is 8.77. The zero-order valence-corrected chi connectivity index (χ0v) is 20.0. The molecule has 0 bridgehead atoms. The Morgan fingerprint density at radius 2 is 1.86 bits per heavy atom. The molecule has 8 heteroatoms. The Kier molecular flexibility index (Phi) is 8.05. The van der Waals surface area contributed by atoms with Gasteiger partial charge in [-0.25, -0.2) is 0 Å². The van der Waals surface area contributed by atoms with E-state index in [0.717, 1.165) is 25.9 Å². The molecule has 0 radical (unpaired) electrons. The molecule has 2 aromatic rings. The number of benzene rings is 2. The molecule has 2 saturated heterocycles. The van der Waals surface area contributed by atoms with Crippen molar-refractivity contribution < 1.29 is 29.3 Å². The van der Waals surface area contributed by atoms with Crippen LogP contribution in [0.1, 0.15) is 36.9 Å². The highest BCUT2D eigenvalue weighted by Crippen LogP contribution is 2.40. The molecule has 0 spiro atoms. The maximum Gasteiger partial charge on any atom is 0.295 e. The summed E-state index contributed by atoms with van der Waals surface area (Å²) in [5.41, 5.74) is 0.965. The lowest BCUT2D eigenvalue weighted by Gasteiger charge is -2.31. The van der Waals surface area contributed by atoms with Crippen LogP contribution >= 0.6 is 0 Å². The number of phenolic OH excluding ortho intramolecular Hbond substituents is 1. The summed E-state index contributed by atoms with van der Waals surface area (Å²) in [6.07, 6.45) is 1.90. The molecule has 186 valence electrons. The summed E-state index contributed by atoms with van der Waals surface area (Å²) in [6.45, 7) is 6.28. The molecule has 2 heterocycles. The number of Topliss-reactive ketones (excluding diaryl/α,β-unsaturated/α-hetero) is 1. The number of carbonyl (C=O) groups excluding carboxylic acids is 2. The van der Waals surface area contributed by atoms with Crippen molar-refractivity contribution in [1.29, 1.82) is 0 Å². The second kappa shape index (κ2) is 11.4. The van der Waals surface area contributed by atoms with Crippen LogP contribution < -0.4 is 4.74 Å². The molecule has 1 amide bonds. The number of ether oxygens (including phenoxy) is 2. The van der Waals surface area contributed by atoms with Gasteiger partial charge in [0, 0.05) is 31.7 Å². The lowest BCUT2D eigenvalue weighted by molar-refractivity contribution is -0.140. The van der Waals surface area contributed by atoms with Gasteiger partial charge in [-0.05, 0) is 36.2 Å². The first kappa shape index (κ1) is 24.8. The van der Waals surface area contributed by atoms with Gasteiger partial charge in [-0.15, -0.1) is 0 Å². The lowest BCUT2D eigenvalue weighted by atomic mass is 9.95. The van der Waals surface area contributed by atoms with E-state index in [4.69, 9.17) is 9.47 Å². The third-order valence-corrected chi connectivity index (χ3v) is 6.36. The van der Waals surface area contributed by atoms with Crippen LogP contribution in [0.5, 0.6) is 11.5 Å². The van der Waals surface area contributed by atoms with Gasteiger partial charge in [0.2, 0.25) is 0 Å². The van der Waals surface area contributed by atoms with Crippen LogP contribution in [0.2, 0.25) is 0 Å². The Hall–Kier alpha value is -3.36. The van der Waals surface area contributed by atoms with Gasteiger partial charge in [0.1, 0.15) is 17.3 Å². The molecule has 0 aromatic heterocycles. The molecule has 1 atom stereocenters. The predicted molar refractivity (Wildman–Crippen MR) is 131 cm³/mol. The molecule has 2 aromatic carbocycles. The van der Waals surface area contributed by atoms with Gasteiger partial charge in [0.05, 0.1) is 31.4 Å². The van der Waals surface area contributed by atoms with Gasteiger partial charge in [-0.3, -0.25) is 14.5 Å². The zero-order valence-electron chi connectivity index (χ0n) is 20.0. The van der Waals surface area contributed by atoms with Crippen molar-refractivity contribution in [3.63, 3.8) is 0 Å². The van der Waals surface area contributed by atoms with E-state index >= 15 is 0 Å². The summed E-state index contributed by atoms with van der Waals surface area (Å²) in [4.78, 5) is 30.0. The number of aromatic hydroxyl groups is 1. The third-order valence-electron chi connectivity index (χ3n) is 6.36. The highest BCUT2D eigenvalue weighted by Gasteiger charge is 2.46. The van der Waals surface area contributed by atoms with Crippen molar-refractivity contribution >= 4 is 17.4 Å². The highest BCUT2D eigenvalue weighted by atomic mass is 16.5. The van der Waals surface area contributed by atoms with Crippen molar-refractivity contribution in [3.05, 3.63) is 65.2 Å². The quantitative estimate of drug-likeness (QED) is 0.246. The minimum atomic E-state index is -0.812. The molecule has 0 aliphatic carbocycles. The number of phenols is 1. The Balaban J connectivity index is 1.69. The number of morpholine rings is 1. The highest BCUT2D eigenvalue weighted by molar-refractivity contribution is 6.46. The third kappa shape index (κ3) is 5.66. The number of aliphatic hydroxyl groups is 1. The topological polar surface area (TPSA) is 99.5 Å². The van der Waals surface area contributed by atoms with Crippen LogP contribution in [-0.2, 0) is 14.3 Å². The Bertz CT molecular complexity index is 1090. The Morgan fingerprint density at radius 3 is 2.60 bits per heavy atom. The van der Waals surface area contributed by atoms with Crippen molar-refractivity contribution in [3.8, 4) is 11.5 Å². The average molecular weight is 481 g/mol. The summed E-state index contributed by atoms with van der Waals surface area (Å²) in [7, 11) is 0. The number of likely N-dealkylation sites (tertiary alicyclic amines) is 1. The lowest BCUT2D eigenvalue weighted by Crippen LogP contribution is -2.42. The SMILES string of the molecule is CCCCOc1cccc(C(O)=C2C(=O)C(=O)N(CCN3CCOCC3)C2c2cccc(O)c2)c1. The van der Waals surface area contributed by atoms with Gasteiger partial charge in [-0.1, -0.05) is 37.6 Å². The van der Waals surface area contributed by atoms with E-state index in [-0.39, 0.29) is 17.1 Å². The van der Waals surface area contributed by atoms with Crippen molar-refractivity contribution in [2.24, 2.45) is 0 Å². The number of nitrogens with zero attached hydrogens (tertiary/aromatic N) is 2. The number of rotatable bonds is 9. The van der Waals surface area contributed by atoms with Crippen LogP contribution in [0, 0.1) is 0 Å². The number of unbranched alkanes of at least 4 members (excludes halogenated alkanes) is 1. The summed E-state index contributed by atoms with van der Waals surface area (Å²) in [6, 6.07) is 12.5. The minimum absolute atomic E-state index is 0.00767. The van der Waals surface area contributed by atoms with E-state index in [0.29, 0.717) is 49.8 Å². The van der Waals surface area contributed by atoms with Crippen LogP contribution in [0.25, 0.3) is 5.76 Å². The molecule has 8 nitrogen and oxygen atoms in total. The van der Waals surface area contributed by atoms with Crippen molar-refractivity contribution in [1.82, 2.24) is 9.80 Å². The van der Waals surface area contributed by atoms with Crippen LogP contribution in [-0.4, -0.2) is 77.7 Å². The maximum atomic E-state index is 13.2. The van der Waals surface area contributed by atoms with E-state index in [2.05, 4.69) is 11.8 Å². The number of ketones is 1. The van der Waals surface area contributed by atoms with E-state index < -0.39 is 17.7 Å². The van der Waals surface area contributed by atoms with E-state index in [1.807, 2.05) is 0 Å². The Labute approximate surface area is 205 Å². The first-order valence-corrected chi connectivity index (χ1v) is 12.1. The van der Waals surface area contributed by atoms with Gasteiger partial charge in [0.25, 0.3) is 11.7 Å². The number of aliphatic hydroxyl groups excluding tert-OH is 1. The summed E-state index contributed by atoms with van der Waals surface area (Å²) in [5, 5.41) is 21.4. The molecular formula is C27H32N2O6. The molecule has 2 aliphatic heterocycles. The van der Waals surface area contributed by atoms with Crippen LogP contribution in [0.3, 0.4) is 0 Å². The first-order chi connectivity index (χ1) is 17.0. The molecule has 35 heavy (non-hydrogen) atoms. The second-order valence-electron chi connectivity index (χ2n) is 8.77. The molecule has 2 N–H and O–H groups in total. The fourth-order valence-electron chi connectivity index (χ4n) is 4.45. The maximum absolute atomic E-state index is 13.2. The summed E-state index contributed by atoms with van der Waals surface area (Å²) in [5.74, 6) is -1.06. The van der Waals surface area contributed by atoms with Gasteiger partial charge >= 0.3 is 0 Å². The van der Waals surface area contributed by atoms with Gasteiger partial charge < -0.3 is 24.6 Å². The normalized spacial score (nSPS) is 20.4. The molecular weight excluding hydrogens is 448 g/mol. The smallest absolute Gasteiger partial charge is 0.295 e. The summed E-state index contributed by atoms with van der Waals surface area (Å²) < 4.78 is 11.2. The fraction of sp³-hybridized carbons (Fsp3) is 0.407. The number of hydrogen-bond acceptors (Lipinski definition) is 7. The van der Waals surface area contributed by atoms with Crippen LogP contribution in [0.4, 0.5) is 0 Å². The number of hydrogen-bond donors (Lipinski definition) is 2. The van der Waals surface area contributed by atoms with Crippen LogP contribution in [0.15, 0.2) is 54.1 Å². The molecule has 2 fully saturated rings. The molecule has 4 rings (SSSR count). The minimum Gasteiger partial charge on any atom is -0.508 e. The predicted octanol–water partition coefficient (Wildman–Crippen LogP) is 3.33. The molecule has 2 aliphatic rings. The standard InChI is InChI=1S/C27H32N2O6/c1-2-3-14-35-22-9-5-7-20(18-22)25(31)23-24(19-6-4-8-21(30)17-19)29(27(33)26(23)32)11-10-28-12-15-34-16-13-28/h4-9,17-18,24,30-31H,2-3,10-16H2,1H3. The monoisotopic (exact) mass is 480 g/mol. The van der Waals surface area contributed by atoms with E-state index in [1.165, 1.54) is 17.0 Å². The summed E-state index contributed by atoms with van der Waals surface area (Å²) >= 11 is 0. The first-order valence-electron chi connectivity index (χ1n) is 12.1. The number of amides is 1. The molecule has 0 saturated carbocycles. The van der Waals surface area contributed by atoms with Gasteiger partial charge in [0.15, 0.2) is 0 Å². The Morgan fingerprint density at radius 1 is 1.09 bits per heavy atom. The van der Waals surface area contributed by atoms with Crippen molar-refractivity contribution in [2.75, 3.05) is 46.0 Å². The van der Waals surface area contributed by atoms with Gasteiger partial charge in [-0.2, -0.15) is 0 Å². The zero-order chi connectivity index (χ0) is 24.8. The largest absolute Gasteiger partial charge is 0.508 e. The fourth-order valence-corrected chi connectivity index (χ4v) is 4.45. The average Bonchev–Trinajstić information content (AvgIpc) is 3.13. The van der Waals surface area contributed by atoms with E-state index in [1.54, 1.807) is 36.4 Å². The number of carbonyl (C=O) groups is 2. The molecule has 1 unspecified atom stereocenters. The van der Waals surface area contributed by atoms with Crippen molar-refractivity contribution in [2.45, 2.75) is 25.8 Å².